The number of nitrogens with one attached hydrogen (secondary N) is 3. The Hall–Kier alpha value is -2.12. The fourth-order valence-electron chi connectivity index (χ4n) is 3.42. The summed E-state index contributed by atoms with van der Waals surface area (Å²) in [6.45, 7) is 3.25. The van der Waals surface area contributed by atoms with Crippen molar-refractivity contribution in [2.75, 3.05) is 19.6 Å². The Morgan fingerprint density at radius 2 is 1.50 bits per heavy atom. The molecule has 160 valence electrons. The van der Waals surface area contributed by atoms with Gasteiger partial charge in [-0.2, -0.15) is 0 Å². The number of carbonyl (C=O) groups excluding carboxylic acids is 3. The molecule has 28 heavy (non-hydrogen) atoms. The maximum absolute atomic E-state index is 12.2. The molecule has 0 heterocycles. The second kappa shape index (κ2) is 14.0. The van der Waals surface area contributed by atoms with E-state index >= 15 is 0 Å². The predicted molar refractivity (Wildman–Crippen MR) is 105 cm³/mol. The van der Waals surface area contributed by atoms with Crippen LogP contribution in [0.4, 0.5) is 0 Å². The first-order valence-electron chi connectivity index (χ1n) is 10.4. The zero-order valence-electron chi connectivity index (χ0n) is 16.9. The number of hydrogen-bond acceptors (Lipinski definition) is 4. The molecule has 0 atom stereocenters. The number of carbonyl (C=O) groups is 4. The molecule has 0 unspecified atom stereocenters. The fourth-order valence-corrected chi connectivity index (χ4v) is 3.42. The van der Waals surface area contributed by atoms with Crippen LogP contribution in [0.2, 0.25) is 0 Å². The van der Waals surface area contributed by atoms with Crippen LogP contribution in [-0.2, 0) is 19.2 Å². The number of hydrogen-bond donors (Lipinski definition) is 4. The number of unbranched alkanes of at least 4 members (excludes halogenated alkanes) is 2. The van der Waals surface area contributed by atoms with Gasteiger partial charge in [-0.1, -0.05) is 6.42 Å². The molecule has 0 spiro atoms. The molecule has 0 aromatic rings. The molecule has 1 aliphatic carbocycles. The number of amides is 3. The monoisotopic (exact) mass is 397 g/mol. The summed E-state index contributed by atoms with van der Waals surface area (Å²) in [6.07, 6.45) is 7.10. The van der Waals surface area contributed by atoms with Crippen LogP contribution >= 0.6 is 0 Å². The van der Waals surface area contributed by atoms with Crippen molar-refractivity contribution in [3.05, 3.63) is 0 Å². The lowest BCUT2D eigenvalue weighted by Crippen LogP contribution is -2.36. The van der Waals surface area contributed by atoms with Crippen molar-refractivity contribution >= 4 is 23.7 Å². The molecule has 0 aromatic heterocycles. The molecule has 0 radical (unpaired) electrons. The van der Waals surface area contributed by atoms with Crippen LogP contribution in [0.5, 0.6) is 0 Å². The lowest BCUT2D eigenvalue weighted by Gasteiger charge is -2.27. The van der Waals surface area contributed by atoms with E-state index < -0.39 is 5.97 Å². The van der Waals surface area contributed by atoms with Crippen LogP contribution in [0.1, 0.15) is 71.1 Å². The topological polar surface area (TPSA) is 125 Å². The largest absolute Gasteiger partial charge is 0.481 e. The van der Waals surface area contributed by atoms with Gasteiger partial charge in [0.05, 0.1) is 0 Å². The van der Waals surface area contributed by atoms with Crippen molar-refractivity contribution in [3.63, 3.8) is 0 Å². The first kappa shape index (κ1) is 23.9. The average molecular weight is 398 g/mol. The maximum atomic E-state index is 12.2. The van der Waals surface area contributed by atoms with E-state index in [-0.39, 0.29) is 30.1 Å². The quantitative estimate of drug-likeness (QED) is 0.351. The lowest BCUT2D eigenvalue weighted by atomic mass is 9.81. The van der Waals surface area contributed by atoms with Gasteiger partial charge in [-0.3, -0.25) is 19.2 Å². The molecule has 8 nitrogen and oxygen atoms in total. The van der Waals surface area contributed by atoms with E-state index in [0.717, 1.165) is 44.9 Å². The standard InChI is InChI=1S/C20H35N3O5/c1-15(24)23-14-16-8-10-17(11-9-16)20(28)22-12-4-2-3-6-18(25)21-13-5-7-19(26)27/h16-17H,2-14H2,1H3,(H,21,25)(H,22,28)(H,23,24)(H,26,27). The van der Waals surface area contributed by atoms with Crippen LogP contribution in [-0.4, -0.2) is 48.4 Å². The lowest BCUT2D eigenvalue weighted by molar-refractivity contribution is -0.137. The summed E-state index contributed by atoms with van der Waals surface area (Å²) < 4.78 is 0. The Balaban J connectivity index is 1.99. The second-order valence-corrected chi connectivity index (χ2v) is 7.60. The van der Waals surface area contributed by atoms with Gasteiger partial charge in [0.1, 0.15) is 0 Å². The zero-order valence-corrected chi connectivity index (χ0v) is 16.9. The molecule has 0 aliphatic heterocycles. The molecule has 4 N–H and O–H groups in total. The summed E-state index contributed by atoms with van der Waals surface area (Å²) >= 11 is 0. The smallest absolute Gasteiger partial charge is 0.303 e. The predicted octanol–water partition coefficient (Wildman–Crippen LogP) is 1.59. The number of aliphatic carboxylic acids is 1. The molecule has 8 heteroatoms. The normalized spacial score (nSPS) is 18.9. The van der Waals surface area contributed by atoms with Gasteiger partial charge < -0.3 is 21.1 Å². The van der Waals surface area contributed by atoms with E-state index in [1.165, 1.54) is 6.92 Å². The molecule has 0 bridgehead atoms. The summed E-state index contributed by atoms with van der Waals surface area (Å²) in [6, 6.07) is 0. The molecule has 1 saturated carbocycles. The van der Waals surface area contributed by atoms with Crippen LogP contribution in [0.15, 0.2) is 0 Å². The fraction of sp³-hybridized carbons (Fsp3) is 0.800. The van der Waals surface area contributed by atoms with E-state index in [2.05, 4.69) is 16.0 Å². The number of carboxylic acids is 1. The molecule has 1 rings (SSSR count). The highest BCUT2D eigenvalue weighted by molar-refractivity contribution is 5.78. The van der Waals surface area contributed by atoms with Gasteiger partial charge in [0.15, 0.2) is 0 Å². The Morgan fingerprint density at radius 1 is 0.821 bits per heavy atom. The van der Waals surface area contributed by atoms with Gasteiger partial charge in [-0.15, -0.1) is 0 Å². The third-order valence-corrected chi connectivity index (χ3v) is 5.13. The SMILES string of the molecule is CC(=O)NCC1CCC(C(=O)NCCCCCC(=O)NCCCC(=O)O)CC1. The van der Waals surface area contributed by atoms with Crippen molar-refractivity contribution in [2.45, 2.75) is 71.1 Å². The molecular formula is C20H35N3O5. The highest BCUT2D eigenvalue weighted by Crippen LogP contribution is 2.28. The summed E-state index contributed by atoms with van der Waals surface area (Å²) in [5.41, 5.74) is 0. The Labute approximate surface area is 167 Å². The van der Waals surface area contributed by atoms with Crippen molar-refractivity contribution in [1.82, 2.24) is 16.0 Å². The Morgan fingerprint density at radius 3 is 2.14 bits per heavy atom. The molecular weight excluding hydrogens is 362 g/mol. The van der Waals surface area contributed by atoms with Crippen LogP contribution in [0, 0.1) is 11.8 Å². The second-order valence-electron chi connectivity index (χ2n) is 7.60. The third-order valence-electron chi connectivity index (χ3n) is 5.13. The van der Waals surface area contributed by atoms with Crippen LogP contribution < -0.4 is 16.0 Å². The first-order chi connectivity index (χ1) is 13.4. The van der Waals surface area contributed by atoms with E-state index in [1.54, 1.807) is 0 Å². The van der Waals surface area contributed by atoms with Crippen LogP contribution in [0.3, 0.4) is 0 Å². The summed E-state index contributed by atoms with van der Waals surface area (Å²) in [5.74, 6) is -0.238. The average Bonchev–Trinajstić information content (AvgIpc) is 2.66. The van der Waals surface area contributed by atoms with Crippen molar-refractivity contribution in [3.8, 4) is 0 Å². The highest BCUT2D eigenvalue weighted by atomic mass is 16.4. The Kier molecular flexibility index (Phi) is 11.9. The summed E-state index contributed by atoms with van der Waals surface area (Å²) in [5, 5.41) is 17.1. The van der Waals surface area contributed by atoms with Crippen LogP contribution in [0.25, 0.3) is 0 Å². The molecule has 1 fully saturated rings. The number of rotatable bonds is 13. The Bertz CT molecular complexity index is 516. The van der Waals surface area contributed by atoms with E-state index in [0.29, 0.717) is 38.4 Å². The van der Waals surface area contributed by atoms with Gasteiger partial charge in [0.25, 0.3) is 0 Å². The van der Waals surface area contributed by atoms with Gasteiger partial charge in [0, 0.05) is 45.3 Å². The minimum absolute atomic E-state index is 0.00414. The maximum Gasteiger partial charge on any atom is 0.303 e. The molecule has 1 aliphatic rings. The summed E-state index contributed by atoms with van der Waals surface area (Å²) in [7, 11) is 0. The first-order valence-corrected chi connectivity index (χ1v) is 10.4. The van der Waals surface area contributed by atoms with Gasteiger partial charge in [-0.05, 0) is 50.9 Å². The minimum Gasteiger partial charge on any atom is -0.481 e. The van der Waals surface area contributed by atoms with Crippen molar-refractivity contribution in [2.24, 2.45) is 11.8 Å². The van der Waals surface area contributed by atoms with E-state index in [9.17, 15) is 19.2 Å². The molecule has 3 amide bonds. The third kappa shape index (κ3) is 11.6. The van der Waals surface area contributed by atoms with Crippen molar-refractivity contribution < 1.29 is 24.3 Å². The van der Waals surface area contributed by atoms with E-state index in [1.807, 2.05) is 0 Å². The molecule has 0 aromatic carbocycles. The molecule has 0 saturated heterocycles. The van der Waals surface area contributed by atoms with E-state index in [4.69, 9.17) is 5.11 Å². The van der Waals surface area contributed by atoms with Crippen molar-refractivity contribution in [1.29, 1.82) is 0 Å². The highest BCUT2D eigenvalue weighted by Gasteiger charge is 2.25. The zero-order chi connectivity index (χ0) is 20.8. The number of carboxylic acid groups (broad SMARTS) is 1. The van der Waals surface area contributed by atoms with Gasteiger partial charge >= 0.3 is 5.97 Å². The summed E-state index contributed by atoms with van der Waals surface area (Å²) in [4.78, 5) is 45.1. The van der Waals surface area contributed by atoms with Gasteiger partial charge in [-0.25, -0.2) is 0 Å². The minimum atomic E-state index is -0.852. The van der Waals surface area contributed by atoms with Gasteiger partial charge in [0.2, 0.25) is 17.7 Å².